The highest BCUT2D eigenvalue weighted by Crippen LogP contribution is 2.15. The second-order valence-corrected chi connectivity index (χ2v) is 6.09. The molecule has 3 rings (SSSR count). The maximum Gasteiger partial charge on any atom is 0.267 e. The molecule has 0 aliphatic carbocycles. The molecule has 0 saturated carbocycles. The van der Waals surface area contributed by atoms with E-state index in [2.05, 4.69) is 30.6 Å². The Morgan fingerprint density at radius 1 is 1.26 bits per heavy atom. The zero-order valence-electron chi connectivity index (χ0n) is 15.2. The fourth-order valence-electron chi connectivity index (χ4n) is 2.66. The lowest BCUT2D eigenvalue weighted by molar-refractivity contribution is -0.121. The standard InChI is InChI=1S/C17H23N7O3/c1-13-11-14(23-7-9-27-10-8-23)22-17(21-13)19-6-5-18-15(25)12-24-16(26)3-2-4-20-24/h2-4,11H,5-10,12H2,1H3,(H,18,25)(H,19,21,22). The number of nitrogens with one attached hydrogen (secondary N) is 2. The highest BCUT2D eigenvalue weighted by atomic mass is 16.5. The Morgan fingerprint density at radius 2 is 2.07 bits per heavy atom. The summed E-state index contributed by atoms with van der Waals surface area (Å²) in [5.74, 6) is 1.11. The molecule has 1 aliphatic rings. The van der Waals surface area contributed by atoms with Crippen molar-refractivity contribution in [2.45, 2.75) is 13.5 Å². The summed E-state index contributed by atoms with van der Waals surface area (Å²) >= 11 is 0. The van der Waals surface area contributed by atoms with Crippen LogP contribution < -0.4 is 21.1 Å². The Morgan fingerprint density at radius 3 is 2.85 bits per heavy atom. The number of aromatic nitrogens is 4. The van der Waals surface area contributed by atoms with Gasteiger partial charge in [-0.25, -0.2) is 9.67 Å². The van der Waals surface area contributed by atoms with Crippen LogP contribution in [-0.4, -0.2) is 65.0 Å². The second kappa shape index (κ2) is 9.08. The molecule has 2 N–H and O–H groups in total. The molecule has 0 bridgehead atoms. The smallest absolute Gasteiger partial charge is 0.267 e. The zero-order chi connectivity index (χ0) is 19.1. The molecule has 2 aromatic heterocycles. The van der Waals surface area contributed by atoms with E-state index in [1.807, 2.05) is 13.0 Å². The molecule has 10 nitrogen and oxygen atoms in total. The van der Waals surface area contributed by atoms with Gasteiger partial charge in [0, 0.05) is 50.2 Å². The van der Waals surface area contributed by atoms with Crippen LogP contribution in [0.1, 0.15) is 5.69 Å². The largest absolute Gasteiger partial charge is 0.378 e. The first-order valence-electron chi connectivity index (χ1n) is 8.83. The molecule has 10 heteroatoms. The highest BCUT2D eigenvalue weighted by molar-refractivity contribution is 5.75. The molecule has 2 aromatic rings. The third-order valence-corrected chi connectivity index (χ3v) is 3.98. The Balaban J connectivity index is 1.47. The Kier molecular flexibility index (Phi) is 6.31. The van der Waals surface area contributed by atoms with Crippen molar-refractivity contribution in [1.29, 1.82) is 0 Å². The molecule has 1 fully saturated rings. The Bertz CT molecular complexity index is 833. The van der Waals surface area contributed by atoms with Gasteiger partial charge in [-0.2, -0.15) is 10.1 Å². The molecular formula is C17H23N7O3. The van der Waals surface area contributed by atoms with Crippen LogP contribution in [-0.2, 0) is 16.1 Å². The van der Waals surface area contributed by atoms with Crippen molar-refractivity contribution in [3.8, 4) is 0 Å². The number of amides is 1. The molecule has 0 radical (unpaired) electrons. The van der Waals surface area contributed by atoms with Gasteiger partial charge >= 0.3 is 0 Å². The summed E-state index contributed by atoms with van der Waals surface area (Å²) in [5.41, 5.74) is 0.558. The van der Waals surface area contributed by atoms with E-state index in [4.69, 9.17) is 4.74 Å². The molecule has 1 aliphatic heterocycles. The number of carbonyl (C=O) groups excluding carboxylic acids is 1. The number of hydrogen-bond acceptors (Lipinski definition) is 8. The summed E-state index contributed by atoms with van der Waals surface area (Å²) in [4.78, 5) is 34.5. The van der Waals surface area contributed by atoms with Gasteiger partial charge in [0.1, 0.15) is 12.4 Å². The third kappa shape index (κ3) is 5.48. The van der Waals surface area contributed by atoms with Crippen molar-refractivity contribution in [3.63, 3.8) is 0 Å². The number of aryl methyl sites for hydroxylation is 1. The van der Waals surface area contributed by atoms with Crippen LogP contribution in [0.15, 0.2) is 29.2 Å². The van der Waals surface area contributed by atoms with Gasteiger partial charge < -0.3 is 20.3 Å². The van der Waals surface area contributed by atoms with Crippen LogP contribution >= 0.6 is 0 Å². The van der Waals surface area contributed by atoms with Crippen molar-refractivity contribution in [1.82, 2.24) is 25.1 Å². The Labute approximate surface area is 156 Å². The van der Waals surface area contributed by atoms with Crippen LogP contribution in [0, 0.1) is 6.92 Å². The first-order valence-corrected chi connectivity index (χ1v) is 8.83. The summed E-state index contributed by atoms with van der Waals surface area (Å²) < 4.78 is 6.48. The van der Waals surface area contributed by atoms with Crippen molar-refractivity contribution in [2.24, 2.45) is 0 Å². The maximum absolute atomic E-state index is 11.9. The first-order chi connectivity index (χ1) is 13.1. The minimum Gasteiger partial charge on any atom is -0.378 e. The predicted molar refractivity (Wildman–Crippen MR) is 99.8 cm³/mol. The molecule has 27 heavy (non-hydrogen) atoms. The molecule has 0 atom stereocenters. The Hall–Kier alpha value is -3.01. The number of nitrogens with zero attached hydrogens (tertiary/aromatic N) is 5. The van der Waals surface area contributed by atoms with Crippen molar-refractivity contribution in [2.75, 3.05) is 49.6 Å². The number of rotatable bonds is 7. The summed E-state index contributed by atoms with van der Waals surface area (Å²) in [7, 11) is 0. The molecule has 3 heterocycles. The minimum absolute atomic E-state index is 0.109. The van der Waals surface area contributed by atoms with Gasteiger partial charge in [0.2, 0.25) is 11.9 Å². The lowest BCUT2D eigenvalue weighted by Crippen LogP contribution is -2.37. The summed E-state index contributed by atoms with van der Waals surface area (Å²) in [6.07, 6.45) is 1.47. The molecule has 144 valence electrons. The van der Waals surface area contributed by atoms with E-state index < -0.39 is 0 Å². The van der Waals surface area contributed by atoms with Gasteiger partial charge in [-0.15, -0.1) is 0 Å². The van der Waals surface area contributed by atoms with Gasteiger partial charge in [0.15, 0.2) is 0 Å². The van der Waals surface area contributed by atoms with Gasteiger partial charge in [-0.3, -0.25) is 9.59 Å². The average Bonchev–Trinajstić information content (AvgIpc) is 2.67. The highest BCUT2D eigenvalue weighted by Gasteiger charge is 2.14. The monoisotopic (exact) mass is 373 g/mol. The van der Waals surface area contributed by atoms with Crippen LogP contribution in [0.4, 0.5) is 11.8 Å². The van der Waals surface area contributed by atoms with E-state index in [1.165, 1.54) is 18.3 Å². The normalized spacial score (nSPS) is 14.0. The SMILES string of the molecule is Cc1cc(N2CCOCC2)nc(NCCNC(=O)Cn2ncccc2=O)n1. The topological polar surface area (TPSA) is 114 Å². The first kappa shape index (κ1) is 18.8. The molecule has 0 unspecified atom stereocenters. The molecular weight excluding hydrogens is 350 g/mol. The predicted octanol–water partition coefficient (Wildman–Crippen LogP) is -0.593. The maximum atomic E-state index is 11.9. The second-order valence-electron chi connectivity index (χ2n) is 6.09. The lowest BCUT2D eigenvalue weighted by Gasteiger charge is -2.28. The third-order valence-electron chi connectivity index (χ3n) is 3.98. The number of carbonyl (C=O) groups is 1. The van der Waals surface area contributed by atoms with E-state index in [9.17, 15) is 9.59 Å². The average molecular weight is 373 g/mol. The van der Waals surface area contributed by atoms with Gasteiger partial charge in [0.25, 0.3) is 5.56 Å². The van der Waals surface area contributed by atoms with Crippen LogP contribution in [0.25, 0.3) is 0 Å². The van der Waals surface area contributed by atoms with Crippen molar-refractivity contribution in [3.05, 3.63) is 40.4 Å². The van der Waals surface area contributed by atoms with Crippen LogP contribution in [0.3, 0.4) is 0 Å². The van der Waals surface area contributed by atoms with E-state index >= 15 is 0 Å². The lowest BCUT2D eigenvalue weighted by atomic mass is 10.3. The van der Waals surface area contributed by atoms with E-state index in [1.54, 1.807) is 0 Å². The zero-order valence-corrected chi connectivity index (χ0v) is 15.2. The van der Waals surface area contributed by atoms with Crippen molar-refractivity contribution < 1.29 is 9.53 Å². The summed E-state index contributed by atoms with van der Waals surface area (Å²) in [5, 5.41) is 9.71. The summed E-state index contributed by atoms with van der Waals surface area (Å²) in [6, 6.07) is 4.85. The van der Waals surface area contributed by atoms with Gasteiger partial charge in [-0.1, -0.05) is 0 Å². The van der Waals surface area contributed by atoms with E-state index in [0.29, 0.717) is 32.3 Å². The number of hydrogen-bond donors (Lipinski definition) is 2. The van der Waals surface area contributed by atoms with Gasteiger partial charge in [-0.05, 0) is 13.0 Å². The molecule has 1 saturated heterocycles. The van der Waals surface area contributed by atoms with Gasteiger partial charge in [0.05, 0.1) is 13.2 Å². The van der Waals surface area contributed by atoms with E-state index in [0.717, 1.165) is 29.3 Å². The van der Waals surface area contributed by atoms with Crippen molar-refractivity contribution >= 4 is 17.7 Å². The quantitative estimate of drug-likeness (QED) is 0.619. The van der Waals surface area contributed by atoms with E-state index in [-0.39, 0.29) is 18.0 Å². The molecule has 0 aromatic carbocycles. The summed E-state index contributed by atoms with van der Waals surface area (Å²) in [6.45, 7) is 5.65. The number of anilines is 2. The fourth-order valence-corrected chi connectivity index (χ4v) is 2.66. The number of morpholine rings is 1. The van der Waals surface area contributed by atoms with Crippen LogP contribution in [0.2, 0.25) is 0 Å². The fraction of sp³-hybridized carbons (Fsp3) is 0.471. The van der Waals surface area contributed by atoms with Crippen LogP contribution in [0.5, 0.6) is 0 Å². The molecule has 1 amide bonds. The molecule has 0 spiro atoms. The minimum atomic E-state index is -0.311. The number of ether oxygens (including phenoxy) is 1.